The van der Waals surface area contributed by atoms with Crippen molar-refractivity contribution in [3.05, 3.63) is 0 Å². The maximum Gasteiger partial charge on any atom is 0.327 e. The maximum atomic E-state index is 12.2. The molecule has 0 radical (unpaired) electrons. The maximum absolute atomic E-state index is 12.2. The van der Waals surface area contributed by atoms with Crippen molar-refractivity contribution in [2.24, 2.45) is 5.92 Å². The Morgan fingerprint density at radius 1 is 1.33 bits per heavy atom. The standard InChI is InChI=1S/C13H21ClN2O6S.ClH/c1-13(2)11(18)16(12(19)15(13)3)7-5-6-9(10(17)22-4)8-23(14,20)21;/h9H,5-8H2,1-4H3;1H. The number of ether oxygens (including phenoxy) is 1. The van der Waals surface area contributed by atoms with E-state index in [4.69, 9.17) is 10.7 Å². The average Bonchev–Trinajstić information content (AvgIpc) is 2.58. The third kappa shape index (κ3) is 5.22. The lowest BCUT2D eigenvalue weighted by molar-refractivity contribution is -0.144. The summed E-state index contributed by atoms with van der Waals surface area (Å²) in [6.07, 6.45) is 0.410. The quantitative estimate of drug-likeness (QED) is 0.359. The molecule has 0 N–H and O–H groups in total. The molecule has 1 unspecified atom stereocenters. The molecule has 0 aromatic rings. The Kier molecular flexibility index (Phi) is 7.98. The molecule has 11 heteroatoms. The normalized spacial score (nSPS) is 18.4. The third-order valence-electron chi connectivity index (χ3n) is 3.99. The molecule has 1 atom stereocenters. The highest BCUT2D eigenvalue weighted by atomic mass is 35.7. The van der Waals surface area contributed by atoms with Gasteiger partial charge in [-0.15, -0.1) is 12.4 Å². The van der Waals surface area contributed by atoms with Crippen LogP contribution in [0, 0.1) is 5.92 Å². The minimum atomic E-state index is -3.86. The molecule has 0 bridgehead atoms. The van der Waals surface area contributed by atoms with E-state index in [0.717, 1.165) is 12.0 Å². The molecule has 0 spiro atoms. The number of hydrogen-bond acceptors (Lipinski definition) is 6. The highest BCUT2D eigenvalue weighted by Gasteiger charge is 2.48. The molecule has 0 saturated carbocycles. The molecular weight excluding hydrogens is 383 g/mol. The topological polar surface area (TPSA) is 101 Å². The van der Waals surface area contributed by atoms with Gasteiger partial charge in [-0.2, -0.15) is 0 Å². The zero-order valence-electron chi connectivity index (χ0n) is 13.9. The summed E-state index contributed by atoms with van der Waals surface area (Å²) in [6, 6.07) is -0.417. The van der Waals surface area contributed by atoms with Gasteiger partial charge in [0, 0.05) is 24.3 Å². The number of carbonyl (C=O) groups excluding carboxylic acids is 3. The second-order valence-corrected chi connectivity index (χ2v) is 8.75. The molecule has 8 nitrogen and oxygen atoms in total. The largest absolute Gasteiger partial charge is 0.469 e. The molecule has 1 aliphatic rings. The fourth-order valence-electron chi connectivity index (χ4n) is 2.35. The van der Waals surface area contributed by atoms with Crippen LogP contribution in [-0.4, -0.2) is 68.1 Å². The van der Waals surface area contributed by atoms with Crippen molar-refractivity contribution in [2.75, 3.05) is 26.5 Å². The van der Waals surface area contributed by atoms with Gasteiger partial charge in [-0.05, 0) is 26.7 Å². The van der Waals surface area contributed by atoms with Gasteiger partial charge >= 0.3 is 12.0 Å². The number of halogens is 2. The molecule has 1 fully saturated rings. The van der Waals surface area contributed by atoms with E-state index < -0.39 is 38.3 Å². The van der Waals surface area contributed by atoms with Crippen LogP contribution in [0.15, 0.2) is 0 Å². The molecule has 1 aliphatic heterocycles. The number of methoxy groups -OCH3 is 1. The van der Waals surface area contributed by atoms with E-state index in [1.165, 1.54) is 11.9 Å². The van der Waals surface area contributed by atoms with Gasteiger partial charge in [-0.25, -0.2) is 13.2 Å². The van der Waals surface area contributed by atoms with Crippen LogP contribution in [0.2, 0.25) is 0 Å². The summed E-state index contributed by atoms with van der Waals surface area (Å²) in [5, 5.41) is 0. The van der Waals surface area contributed by atoms with Gasteiger partial charge < -0.3 is 9.64 Å². The first-order valence-electron chi connectivity index (χ1n) is 7.01. The van der Waals surface area contributed by atoms with Gasteiger partial charge in [-0.3, -0.25) is 14.5 Å². The van der Waals surface area contributed by atoms with Crippen LogP contribution in [0.3, 0.4) is 0 Å². The predicted octanol–water partition coefficient (Wildman–Crippen LogP) is 1.22. The number of carbonyl (C=O) groups is 3. The monoisotopic (exact) mass is 404 g/mol. The van der Waals surface area contributed by atoms with Gasteiger partial charge in [0.25, 0.3) is 5.91 Å². The van der Waals surface area contributed by atoms with Crippen molar-refractivity contribution in [1.82, 2.24) is 9.80 Å². The molecule has 1 heterocycles. The molecule has 24 heavy (non-hydrogen) atoms. The summed E-state index contributed by atoms with van der Waals surface area (Å²) in [5.41, 5.74) is -0.918. The molecule has 0 aromatic heterocycles. The van der Waals surface area contributed by atoms with Crippen molar-refractivity contribution in [2.45, 2.75) is 32.2 Å². The Morgan fingerprint density at radius 2 is 1.88 bits per heavy atom. The lowest BCUT2D eigenvalue weighted by atomic mass is 10.0. The molecular formula is C13H22Cl2N2O6S. The average molecular weight is 405 g/mol. The number of rotatable bonds is 7. The predicted molar refractivity (Wildman–Crippen MR) is 90.6 cm³/mol. The van der Waals surface area contributed by atoms with Crippen LogP contribution in [-0.2, 0) is 23.4 Å². The molecule has 3 amide bonds. The van der Waals surface area contributed by atoms with Gasteiger partial charge in [0.05, 0.1) is 18.8 Å². The highest BCUT2D eigenvalue weighted by Crippen LogP contribution is 2.26. The first-order valence-corrected chi connectivity index (χ1v) is 9.49. The van der Waals surface area contributed by atoms with Crippen LogP contribution >= 0.6 is 23.1 Å². The van der Waals surface area contributed by atoms with Crippen molar-refractivity contribution in [3.63, 3.8) is 0 Å². The first-order chi connectivity index (χ1) is 10.4. The summed E-state index contributed by atoms with van der Waals surface area (Å²) in [5.74, 6) is -2.49. The van der Waals surface area contributed by atoms with Crippen molar-refractivity contribution in [1.29, 1.82) is 0 Å². The van der Waals surface area contributed by atoms with Gasteiger partial charge in [0.2, 0.25) is 9.05 Å². The SMILES string of the molecule is COC(=O)C(CCCN1C(=O)N(C)C(C)(C)C1=O)CS(=O)(=O)Cl.Cl. The van der Waals surface area contributed by atoms with E-state index in [2.05, 4.69) is 4.74 Å². The van der Waals surface area contributed by atoms with E-state index in [-0.39, 0.29) is 37.7 Å². The van der Waals surface area contributed by atoms with Gasteiger partial charge in [-0.1, -0.05) is 0 Å². The second-order valence-electron chi connectivity index (χ2n) is 5.93. The minimum Gasteiger partial charge on any atom is -0.469 e. The van der Waals surface area contributed by atoms with Crippen molar-refractivity contribution >= 4 is 50.0 Å². The summed E-state index contributed by atoms with van der Waals surface area (Å²) < 4.78 is 26.8. The van der Waals surface area contributed by atoms with Crippen LogP contribution in [0.1, 0.15) is 26.7 Å². The smallest absolute Gasteiger partial charge is 0.327 e. The molecule has 140 valence electrons. The Bertz CT molecular complexity index is 608. The number of nitrogens with zero attached hydrogens (tertiary/aromatic N) is 2. The number of likely N-dealkylation sites (N-methyl/N-ethyl adjacent to an activating group) is 1. The van der Waals surface area contributed by atoms with Crippen molar-refractivity contribution in [3.8, 4) is 0 Å². The van der Waals surface area contributed by atoms with Crippen molar-refractivity contribution < 1.29 is 27.5 Å². The highest BCUT2D eigenvalue weighted by molar-refractivity contribution is 8.13. The van der Waals surface area contributed by atoms with Gasteiger partial charge in [0.1, 0.15) is 5.54 Å². The van der Waals surface area contributed by atoms with Crippen LogP contribution in [0.25, 0.3) is 0 Å². The van der Waals surface area contributed by atoms with E-state index >= 15 is 0 Å². The zero-order chi connectivity index (χ0) is 18.0. The van der Waals surface area contributed by atoms with E-state index in [0.29, 0.717) is 0 Å². The number of esters is 1. The Balaban J connectivity index is 0.00000529. The number of urea groups is 1. The van der Waals surface area contributed by atoms with E-state index in [9.17, 15) is 22.8 Å². The Morgan fingerprint density at radius 3 is 2.25 bits per heavy atom. The zero-order valence-corrected chi connectivity index (χ0v) is 16.3. The first kappa shape index (κ1) is 22.9. The van der Waals surface area contributed by atoms with Crippen LogP contribution < -0.4 is 0 Å². The molecule has 0 aliphatic carbocycles. The number of imide groups is 1. The Labute approximate surface area is 152 Å². The fraction of sp³-hybridized carbons (Fsp3) is 0.769. The van der Waals surface area contributed by atoms with E-state index in [1.807, 2.05) is 0 Å². The fourth-order valence-corrected chi connectivity index (χ4v) is 3.59. The summed E-state index contributed by atoms with van der Waals surface area (Å²) in [4.78, 5) is 38.3. The molecule has 0 aromatic carbocycles. The third-order valence-corrected chi connectivity index (χ3v) is 5.17. The van der Waals surface area contributed by atoms with Crippen LogP contribution in [0.4, 0.5) is 4.79 Å². The van der Waals surface area contributed by atoms with Crippen LogP contribution in [0.5, 0.6) is 0 Å². The summed E-state index contributed by atoms with van der Waals surface area (Å²) >= 11 is 0. The second kappa shape index (κ2) is 8.35. The Hall–Kier alpha value is -1.06. The number of hydrogen-bond donors (Lipinski definition) is 0. The summed E-state index contributed by atoms with van der Waals surface area (Å²) in [7, 11) is 4.01. The minimum absolute atomic E-state index is 0. The summed E-state index contributed by atoms with van der Waals surface area (Å²) in [6.45, 7) is 3.39. The lowest BCUT2D eigenvalue weighted by Gasteiger charge is -2.22. The van der Waals surface area contributed by atoms with E-state index in [1.54, 1.807) is 13.8 Å². The van der Waals surface area contributed by atoms with Gasteiger partial charge in [0.15, 0.2) is 0 Å². The lowest BCUT2D eigenvalue weighted by Crippen LogP contribution is -2.41. The molecule has 1 rings (SSSR count). The molecule has 1 saturated heterocycles. The number of amides is 3.